The summed E-state index contributed by atoms with van der Waals surface area (Å²) in [4.78, 5) is 11.3. The first-order valence-electron chi connectivity index (χ1n) is 5.84. The van der Waals surface area contributed by atoms with Crippen molar-refractivity contribution < 1.29 is 23.7 Å². The lowest BCUT2D eigenvalue weighted by Gasteiger charge is -2.10. The van der Waals surface area contributed by atoms with Crippen molar-refractivity contribution in [2.45, 2.75) is 12.7 Å². The molecule has 0 bridgehead atoms. The average molecular weight is 252 g/mol. The van der Waals surface area contributed by atoms with Gasteiger partial charge in [0.25, 0.3) is 0 Å². The number of rotatable bonds is 5. The van der Waals surface area contributed by atoms with E-state index >= 15 is 0 Å². The minimum atomic E-state index is -0.372. The molecule has 0 aromatic heterocycles. The molecule has 5 heteroatoms. The van der Waals surface area contributed by atoms with Gasteiger partial charge in [-0.1, -0.05) is 6.07 Å². The summed E-state index contributed by atoms with van der Waals surface area (Å²) in [7, 11) is 1.35. The molecule has 0 atom stereocenters. The predicted octanol–water partition coefficient (Wildman–Crippen LogP) is 1.61. The highest BCUT2D eigenvalue weighted by Crippen LogP contribution is 2.15. The number of hydrogen-bond donors (Lipinski definition) is 0. The van der Waals surface area contributed by atoms with Gasteiger partial charge in [-0.2, -0.15) is 0 Å². The molecule has 2 rings (SSSR count). The Hall–Kier alpha value is -1.59. The fraction of sp³-hybridized carbons (Fsp3) is 0.462. The normalized spacial score (nSPS) is 15.6. The van der Waals surface area contributed by atoms with Crippen LogP contribution in [0.2, 0.25) is 0 Å². The molecule has 98 valence electrons. The largest absolute Gasteiger partial charge is 0.493 e. The van der Waals surface area contributed by atoms with Crippen molar-refractivity contribution >= 4 is 5.97 Å². The second-order valence-electron chi connectivity index (χ2n) is 3.83. The number of benzene rings is 1. The maximum Gasteiger partial charge on any atom is 0.337 e. The summed E-state index contributed by atoms with van der Waals surface area (Å²) in [6, 6.07) is 6.89. The molecule has 1 aliphatic rings. The third kappa shape index (κ3) is 3.45. The van der Waals surface area contributed by atoms with Gasteiger partial charge < -0.3 is 18.9 Å². The molecule has 0 unspecified atom stereocenters. The summed E-state index contributed by atoms with van der Waals surface area (Å²) in [6.45, 7) is 1.76. The maximum atomic E-state index is 11.3. The van der Waals surface area contributed by atoms with Crippen molar-refractivity contribution in [1.29, 1.82) is 0 Å². The zero-order valence-corrected chi connectivity index (χ0v) is 10.3. The van der Waals surface area contributed by atoms with Crippen LogP contribution >= 0.6 is 0 Å². The lowest BCUT2D eigenvalue weighted by molar-refractivity contribution is -0.0531. The van der Waals surface area contributed by atoms with Gasteiger partial charge in [0.15, 0.2) is 6.29 Å². The Morgan fingerprint density at radius 3 is 2.89 bits per heavy atom. The van der Waals surface area contributed by atoms with Crippen LogP contribution in [0, 0.1) is 0 Å². The highest BCUT2D eigenvalue weighted by Gasteiger charge is 2.15. The number of hydrogen-bond acceptors (Lipinski definition) is 5. The van der Waals surface area contributed by atoms with Crippen LogP contribution in [0.5, 0.6) is 5.75 Å². The van der Waals surface area contributed by atoms with E-state index in [1.54, 1.807) is 24.3 Å². The van der Waals surface area contributed by atoms with Gasteiger partial charge in [-0.3, -0.25) is 0 Å². The summed E-state index contributed by atoms with van der Waals surface area (Å²) < 4.78 is 20.8. The van der Waals surface area contributed by atoms with Crippen molar-refractivity contribution in [2.75, 3.05) is 26.9 Å². The number of carbonyl (C=O) groups excluding carboxylic acids is 1. The van der Waals surface area contributed by atoms with Gasteiger partial charge in [0, 0.05) is 6.42 Å². The number of carbonyl (C=O) groups is 1. The Morgan fingerprint density at radius 2 is 2.17 bits per heavy atom. The highest BCUT2D eigenvalue weighted by molar-refractivity contribution is 5.89. The van der Waals surface area contributed by atoms with E-state index in [0.717, 1.165) is 0 Å². The summed E-state index contributed by atoms with van der Waals surface area (Å²) in [6.07, 6.45) is 0.497. The van der Waals surface area contributed by atoms with E-state index in [2.05, 4.69) is 4.74 Å². The number of esters is 1. The molecule has 0 radical (unpaired) electrons. The van der Waals surface area contributed by atoms with Gasteiger partial charge in [0.2, 0.25) is 0 Å². The van der Waals surface area contributed by atoms with Gasteiger partial charge in [-0.25, -0.2) is 4.79 Å². The van der Waals surface area contributed by atoms with Crippen LogP contribution < -0.4 is 4.74 Å². The van der Waals surface area contributed by atoms with Gasteiger partial charge in [0.05, 0.1) is 32.5 Å². The van der Waals surface area contributed by atoms with E-state index < -0.39 is 0 Å². The Balaban J connectivity index is 1.83. The number of ether oxygens (including phenoxy) is 4. The molecule has 1 fully saturated rings. The van der Waals surface area contributed by atoms with Gasteiger partial charge in [-0.15, -0.1) is 0 Å². The summed E-state index contributed by atoms with van der Waals surface area (Å²) in [5, 5.41) is 0. The van der Waals surface area contributed by atoms with Crippen molar-refractivity contribution in [3.63, 3.8) is 0 Å². The Labute approximate surface area is 106 Å². The highest BCUT2D eigenvalue weighted by atomic mass is 16.7. The lowest BCUT2D eigenvalue weighted by atomic mass is 10.2. The molecule has 0 spiro atoms. The molecule has 1 aliphatic heterocycles. The van der Waals surface area contributed by atoms with Crippen LogP contribution in [0.25, 0.3) is 0 Å². The standard InChI is InChI=1S/C13H16O5/c1-15-13(14)10-3-2-4-11(9-10)16-6-5-12-17-7-8-18-12/h2-4,9,12H,5-8H2,1H3. The summed E-state index contributed by atoms with van der Waals surface area (Å²) in [5.74, 6) is 0.263. The molecule has 0 N–H and O–H groups in total. The molecule has 1 saturated heterocycles. The first-order valence-corrected chi connectivity index (χ1v) is 5.84. The fourth-order valence-electron chi connectivity index (χ4n) is 1.68. The minimum Gasteiger partial charge on any atom is -0.493 e. The average Bonchev–Trinajstić information content (AvgIpc) is 2.91. The molecule has 18 heavy (non-hydrogen) atoms. The molecule has 0 amide bonds. The predicted molar refractivity (Wildman–Crippen MR) is 63.6 cm³/mol. The minimum absolute atomic E-state index is 0.172. The van der Waals surface area contributed by atoms with Crippen LogP contribution in [-0.4, -0.2) is 39.2 Å². The van der Waals surface area contributed by atoms with Gasteiger partial charge in [0.1, 0.15) is 5.75 Å². The van der Waals surface area contributed by atoms with E-state index in [0.29, 0.717) is 37.6 Å². The summed E-state index contributed by atoms with van der Waals surface area (Å²) >= 11 is 0. The zero-order chi connectivity index (χ0) is 12.8. The molecule has 0 saturated carbocycles. The van der Waals surface area contributed by atoms with Crippen LogP contribution in [0.15, 0.2) is 24.3 Å². The maximum absolute atomic E-state index is 11.3. The topological polar surface area (TPSA) is 54.0 Å². The fourth-order valence-corrected chi connectivity index (χ4v) is 1.68. The third-order valence-corrected chi connectivity index (χ3v) is 2.57. The molecular formula is C13H16O5. The quantitative estimate of drug-likeness (QED) is 0.745. The second-order valence-corrected chi connectivity index (χ2v) is 3.83. The smallest absolute Gasteiger partial charge is 0.337 e. The van der Waals surface area contributed by atoms with Gasteiger partial charge in [-0.05, 0) is 18.2 Å². The molecule has 1 heterocycles. The van der Waals surface area contributed by atoms with Crippen molar-refractivity contribution in [3.8, 4) is 5.75 Å². The first-order chi connectivity index (χ1) is 8.79. The third-order valence-electron chi connectivity index (χ3n) is 2.57. The summed E-state index contributed by atoms with van der Waals surface area (Å²) in [5.41, 5.74) is 0.475. The van der Waals surface area contributed by atoms with E-state index in [-0.39, 0.29) is 12.3 Å². The molecule has 1 aromatic carbocycles. The van der Waals surface area contributed by atoms with Crippen molar-refractivity contribution in [2.24, 2.45) is 0 Å². The number of methoxy groups -OCH3 is 1. The van der Waals surface area contributed by atoms with E-state index in [1.807, 2.05) is 0 Å². The zero-order valence-electron chi connectivity index (χ0n) is 10.3. The SMILES string of the molecule is COC(=O)c1cccc(OCCC2OCCO2)c1. The van der Waals surface area contributed by atoms with Crippen LogP contribution in [0.1, 0.15) is 16.8 Å². The molecular weight excluding hydrogens is 236 g/mol. The van der Waals surface area contributed by atoms with Crippen LogP contribution in [0.3, 0.4) is 0 Å². The Kier molecular flexibility index (Phi) is 4.55. The first kappa shape index (κ1) is 12.9. The van der Waals surface area contributed by atoms with Gasteiger partial charge >= 0.3 is 5.97 Å². The Morgan fingerprint density at radius 1 is 1.39 bits per heavy atom. The molecule has 1 aromatic rings. The molecule has 5 nitrogen and oxygen atoms in total. The monoisotopic (exact) mass is 252 g/mol. The lowest BCUT2D eigenvalue weighted by Crippen LogP contribution is -2.12. The van der Waals surface area contributed by atoms with Crippen molar-refractivity contribution in [3.05, 3.63) is 29.8 Å². The van der Waals surface area contributed by atoms with Crippen LogP contribution in [-0.2, 0) is 14.2 Å². The Bertz CT molecular complexity index is 398. The van der Waals surface area contributed by atoms with E-state index in [9.17, 15) is 4.79 Å². The van der Waals surface area contributed by atoms with E-state index in [1.165, 1.54) is 7.11 Å². The van der Waals surface area contributed by atoms with Crippen LogP contribution in [0.4, 0.5) is 0 Å². The van der Waals surface area contributed by atoms with Crippen molar-refractivity contribution in [1.82, 2.24) is 0 Å². The second kappa shape index (κ2) is 6.37. The molecule has 0 aliphatic carbocycles. The van der Waals surface area contributed by atoms with E-state index in [4.69, 9.17) is 14.2 Å².